The van der Waals surface area contributed by atoms with Gasteiger partial charge in [-0.25, -0.2) is 0 Å². The van der Waals surface area contributed by atoms with Crippen LogP contribution < -0.4 is 10.6 Å². The first-order valence-electron chi connectivity index (χ1n) is 7.21. The summed E-state index contributed by atoms with van der Waals surface area (Å²) < 4.78 is 0. The number of phenols is 1. The second-order valence-electron chi connectivity index (χ2n) is 6.22. The second kappa shape index (κ2) is 6.83. The molecule has 0 fully saturated rings. The first kappa shape index (κ1) is 17.0. The summed E-state index contributed by atoms with van der Waals surface area (Å²) in [4.78, 5) is 23.7. The monoisotopic (exact) mass is 332 g/mol. The lowest BCUT2D eigenvalue weighted by Gasteiger charge is -2.20. The Balaban J connectivity index is 1.99. The summed E-state index contributed by atoms with van der Waals surface area (Å²) in [7, 11) is 0. The van der Waals surface area contributed by atoms with Crippen LogP contribution in [0.15, 0.2) is 35.0 Å². The van der Waals surface area contributed by atoms with Crippen LogP contribution in [-0.2, 0) is 10.2 Å². The van der Waals surface area contributed by atoms with Gasteiger partial charge in [-0.05, 0) is 34.6 Å². The van der Waals surface area contributed by atoms with Gasteiger partial charge in [0, 0.05) is 10.9 Å². The Labute approximate surface area is 139 Å². The van der Waals surface area contributed by atoms with Gasteiger partial charge in [0.15, 0.2) is 0 Å². The molecule has 0 aliphatic carbocycles. The van der Waals surface area contributed by atoms with Gasteiger partial charge in [-0.2, -0.15) is 11.3 Å². The van der Waals surface area contributed by atoms with Crippen molar-refractivity contribution in [2.45, 2.75) is 26.2 Å². The molecule has 1 aromatic carbocycles. The maximum Gasteiger partial charge on any atom is 0.252 e. The normalized spacial score (nSPS) is 11.1. The van der Waals surface area contributed by atoms with Crippen molar-refractivity contribution in [2.24, 2.45) is 0 Å². The van der Waals surface area contributed by atoms with E-state index in [0.717, 1.165) is 5.56 Å². The third-order valence-electron chi connectivity index (χ3n) is 3.33. The van der Waals surface area contributed by atoms with Gasteiger partial charge in [-0.15, -0.1) is 0 Å². The van der Waals surface area contributed by atoms with E-state index in [1.165, 1.54) is 11.3 Å². The molecule has 1 aromatic heterocycles. The molecule has 1 heterocycles. The van der Waals surface area contributed by atoms with Crippen molar-refractivity contribution in [3.63, 3.8) is 0 Å². The molecule has 0 radical (unpaired) electrons. The first-order chi connectivity index (χ1) is 10.8. The highest BCUT2D eigenvalue weighted by Gasteiger charge is 2.16. The number of carbonyl (C=O) groups excluding carboxylic acids is 2. The number of aromatic hydroxyl groups is 1. The molecule has 0 saturated carbocycles. The van der Waals surface area contributed by atoms with E-state index in [1.54, 1.807) is 29.0 Å². The molecule has 122 valence electrons. The largest absolute Gasteiger partial charge is 0.506 e. The van der Waals surface area contributed by atoms with E-state index in [9.17, 15) is 14.7 Å². The fourth-order valence-corrected chi connectivity index (χ4v) is 2.59. The van der Waals surface area contributed by atoms with Crippen LogP contribution in [0.3, 0.4) is 0 Å². The predicted molar refractivity (Wildman–Crippen MR) is 92.1 cm³/mol. The minimum Gasteiger partial charge on any atom is -0.506 e. The molecule has 23 heavy (non-hydrogen) atoms. The Morgan fingerprint density at radius 3 is 2.57 bits per heavy atom. The van der Waals surface area contributed by atoms with E-state index < -0.39 is 5.91 Å². The van der Waals surface area contributed by atoms with Crippen LogP contribution in [0.5, 0.6) is 5.75 Å². The highest BCUT2D eigenvalue weighted by molar-refractivity contribution is 7.08. The number of carbonyl (C=O) groups is 2. The third kappa shape index (κ3) is 4.56. The van der Waals surface area contributed by atoms with Crippen LogP contribution in [0.4, 0.5) is 5.69 Å². The maximum atomic E-state index is 12.0. The highest BCUT2D eigenvalue weighted by atomic mass is 32.1. The van der Waals surface area contributed by atoms with Crippen LogP contribution in [0.25, 0.3) is 0 Å². The van der Waals surface area contributed by atoms with E-state index in [1.807, 2.05) is 26.8 Å². The summed E-state index contributed by atoms with van der Waals surface area (Å²) in [6.07, 6.45) is 0. The van der Waals surface area contributed by atoms with Crippen LogP contribution in [0, 0.1) is 0 Å². The van der Waals surface area contributed by atoms with Crippen molar-refractivity contribution in [1.82, 2.24) is 5.32 Å². The molecular formula is C17H20N2O3S. The van der Waals surface area contributed by atoms with Crippen molar-refractivity contribution < 1.29 is 14.7 Å². The summed E-state index contributed by atoms with van der Waals surface area (Å²) in [6.45, 7) is 5.98. The molecule has 3 N–H and O–H groups in total. The molecule has 0 aliphatic heterocycles. The fraction of sp³-hybridized carbons (Fsp3) is 0.294. The Kier molecular flexibility index (Phi) is 5.05. The molecule has 2 aromatic rings. The zero-order valence-corrected chi connectivity index (χ0v) is 14.2. The summed E-state index contributed by atoms with van der Waals surface area (Å²) in [6, 6.07) is 6.81. The Morgan fingerprint density at radius 2 is 1.96 bits per heavy atom. The minimum absolute atomic E-state index is 0.00416. The molecule has 0 unspecified atom stereocenters. The minimum atomic E-state index is -0.394. The Hall–Kier alpha value is -2.34. The average Bonchev–Trinajstić information content (AvgIpc) is 3.00. The predicted octanol–water partition coefficient (Wildman–Crippen LogP) is 3.12. The van der Waals surface area contributed by atoms with Crippen molar-refractivity contribution >= 4 is 28.8 Å². The standard InChI is InChI=1S/C17H20N2O3S/c1-17(2,3)12-4-5-14(20)13(8-12)19-15(21)9-18-16(22)11-6-7-23-10-11/h4-8,10,20H,9H2,1-3H3,(H,18,22)(H,19,21). The number of amides is 2. The van der Waals surface area contributed by atoms with E-state index in [-0.39, 0.29) is 23.6 Å². The summed E-state index contributed by atoms with van der Waals surface area (Å²) in [5.74, 6) is -0.695. The molecule has 0 bridgehead atoms. The molecule has 0 aliphatic rings. The van der Waals surface area contributed by atoms with Crippen molar-refractivity contribution in [3.8, 4) is 5.75 Å². The van der Waals surface area contributed by atoms with Crippen molar-refractivity contribution in [1.29, 1.82) is 0 Å². The van der Waals surface area contributed by atoms with Crippen LogP contribution in [-0.4, -0.2) is 23.5 Å². The van der Waals surface area contributed by atoms with Gasteiger partial charge in [0.25, 0.3) is 5.91 Å². The lowest BCUT2D eigenvalue weighted by atomic mass is 9.87. The van der Waals surface area contributed by atoms with Crippen LogP contribution in [0.2, 0.25) is 0 Å². The number of anilines is 1. The van der Waals surface area contributed by atoms with Gasteiger partial charge in [-0.1, -0.05) is 26.8 Å². The fourth-order valence-electron chi connectivity index (χ4n) is 1.95. The summed E-state index contributed by atoms with van der Waals surface area (Å²) in [5.41, 5.74) is 1.76. The average molecular weight is 332 g/mol. The molecule has 0 spiro atoms. The van der Waals surface area contributed by atoms with Gasteiger partial charge < -0.3 is 15.7 Å². The second-order valence-corrected chi connectivity index (χ2v) is 7.00. The number of hydrogen-bond acceptors (Lipinski definition) is 4. The van der Waals surface area contributed by atoms with Gasteiger partial charge >= 0.3 is 0 Å². The molecular weight excluding hydrogens is 312 g/mol. The lowest BCUT2D eigenvalue weighted by Crippen LogP contribution is -2.32. The van der Waals surface area contributed by atoms with Gasteiger partial charge in [0.05, 0.1) is 12.2 Å². The van der Waals surface area contributed by atoms with Crippen molar-refractivity contribution in [2.75, 3.05) is 11.9 Å². The third-order valence-corrected chi connectivity index (χ3v) is 4.01. The van der Waals surface area contributed by atoms with Gasteiger partial charge in [0.1, 0.15) is 5.75 Å². The number of hydrogen-bond donors (Lipinski definition) is 3. The molecule has 6 heteroatoms. The summed E-state index contributed by atoms with van der Waals surface area (Å²) in [5, 5.41) is 18.6. The number of nitrogens with one attached hydrogen (secondary N) is 2. The Morgan fingerprint density at radius 1 is 1.22 bits per heavy atom. The van der Waals surface area contributed by atoms with Gasteiger partial charge in [-0.3, -0.25) is 9.59 Å². The van der Waals surface area contributed by atoms with Crippen LogP contribution >= 0.6 is 11.3 Å². The van der Waals surface area contributed by atoms with E-state index in [0.29, 0.717) is 11.3 Å². The van der Waals surface area contributed by atoms with Gasteiger partial charge in [0.2, 0.25) is 5.91 Å². The summed E-state index contributed by atoms with van der Waals surface area (Å²) >= 11 is 1.42. The number of thiophene rings is 1. The molecule has 2 rings (SSSR count). The van der Waals surface area contributed by atoms with E-state index >= 15 is 0 Å². The highest BCUT2D eigenvalue weighted by Crippen LogP contribution is 2.30. The van der Waals surface area contributed by atoms with Crippen molar-refractivity contribution in [3.05, 3.63) is 46.2 Å². The zero-order chi connectivity index (χ0) is 17.0. The molecule has 2 amide bonds. The topological polar surface area (TPSA) is 78.4 Å². The molecule has 5 nitrogen and oxygen atoms in total. The molecule has 0 atom stereocenters. The molecule has 0 saturated heterocycles. The SMILES string of the molecule is CC(C)(C)c1ccc(O)c(NC(=O)CNC(=O)c2ccsc2)c1. The number of benzene rings is 1. The Bertz CT molecular complexity index is 703. The first-order valence-corrected chi connectivity index (χ1v) is 8.15. The maximum absolute atomic E-state index is 12.0. The van der Waals surface area contributed by atoms with E-state index in [4.69, 9.17) is 0 Å². The number of phenolic OH excluding ortho intramolecular Hbond substituents is 1. The zero-order valence-electron chi connectivity index (χ0n) is 13.3. The number of rotatable bonds is 4. The van der Waals surface area contributed by atoms with E-state index in [2.05, 4.69) is 10.6 Å². The van der Waals surface area contributed by atoms with Crippen LogP contribution in [0.1, 0.15) is 36.7 Å². The quantitative estimate of drug-likeness (QED) is 0.753. The smallest absolute Gasteiger partial charge is 0.252 e. The lowest BCUT2D eigenvalue weighted by molar-refractivity contribution is -0.115.